The fourth-order valence-corrected chi connectivity index (χ4v) is 5.67. The van der Waals surface area contributed by atoms with E-state index in [1.165, 1.54) is 31.0 Å². The summed E-state index contributed by atoms with van der Waals surface area (Å²) in [5.74, 6) is 0. The van der Waals surface area contributed by atoms with Crippen molar-refractivity contribution in [1.82, 2.24) is 0 Å². The van der Waals surface area contributed by atoms with Crippen LogP contribution in [0.3, 0.4) is 0 Å². The van der Waals surface area contributed by atoms with Gasteiger partial charge < -0.3 is 0 Å². The van der Waals surface area contributed by atoms with E-state index in [2.05, 4.69) is 44.2 Å². The molecule has 1 heterocycles. The van der Waals surface area contributed by atoms with Crippen LogP contribution in [-0.4, -0.2) is 17.5 Å². The number of benzene rings is 1. The quantitative estimate of drug-likeness (QED) is 0.664. The maximum Gasteiger partial charge on any atom is -0.0229 e. The maximum absolute atomic E-state index is 2.44. The molecule has 1 aromatic carbocycles. The van der Waals surface area contributed by atoms with Crippen LogP contribution in [0.25, 0.3) is 0 Å². The summed E-state index contributed by atoms with van der Waals surface area (Å²) in [4.78, 5) is 0. The van der Waals surface area contributed by atoms with Gasteiger partial charge in [-0.15, -0.1) is 7.92 Å². The van der Waals surface area contributed by atoms with Crippen LogP contribution in [0.1, 0.15) is 32.3 Å². The Morgan fingerprint density at radius 2 is 1.80 bits per heavy atom. The molecule has 0 saturated carbocycles. The molecule has 0 amide bonds. The lowest BCUT2D eigenvalue weighted by Crippen LogP contribution is -2.26. The first kappa shape index (κ1) is 11.1. The van der Waals surface area contributed by atoms with Crippen molar-refractivity contribution in [1.29, 1.82) is 0 Å². The number of rotatable bonds is 4. The van der Waals surface area contributed by atoms with Gasteiger partial charge in [-0.2, -0.15) is 0 Å². The molecule has 2 rings (SSSR count). The van der Waals surface area contributed by atoms with Crippen LogP contribution >= 0.6 is 7.92 Å². The molecule has 1 aromatic rings. The molecule has 0 nitrogen and oxygen atoms in total. The van der Waals surface area contributed by atoms with Gasteiger partial charge in [0.25, 0.3) is 0 Å². The lowest BCUT2D eigenvalue weighted by Gasteiger charge is -2.42. The SMILES string of the molecule is C[C@@H]1C[C@@H](C)P1CCCc1ccccc1. The third-order valence-electron chi connectivity index (χ3n) is 3.54. The highest BCUT2D eigenvalue weighted by molar-refractivity contribution is 7.60. The topological polar surface area (TPSA) is 0 Å². The van der Waals surface area contributed by atoms with Gasteiger partial charge in [-0.3, -0.25) is 0 Å². The highest BCUT2D eigenvalue weighted by Crippen LogP contribution is 2.59. The van der Waals surface area contributed by atoms with E-state index in [-0.39, 0.29) is 0 Å². The maximum atomic E-state index is 2.44. The van der Waals surface area contributed by atoms with Crippen molar-refractivity contribution in [3.05, 3.63) is 35.9 Å². The molecule has 15 heavy (non-hydrogen) atoms. The van der Waals surface area contributed by atoms with Crippen molar-refractivity contribution in [3.63, 3.8) is 0 Å². The molecule has 82 valence electrons. The van der Waals surface area contributed by atoms with Gasteiger partial charge in [0.05, 0.1) is 0 Å². The molecule has 1 fully saturated rings. The second-order valence-electron chi connectivity index (χ2n) is 4.76. The molecule has 0 unspecified atom stereocenters. The highest BCUT2D eigenvalue weighted by Gasteiger charge is 2.32. The van der Waals surface area contributed by atoms with Crippen molar-refractivity contribution in [2.45, 2.75) is 44.4 Å². The van der Waals surface area contributed by atoms with Gasteiger partial charge >= 0.3 is 0 Å². The zero-order chi connectivity index (χ0) is 10.7. The molecular formula is C14H21P. The summed E-state index contributed by atoms with van der Waals surface area (Å²) in [6, 6.07) is 10.9. The fraction of sp³-hybridized carbons (Fsp3) is 0.571. The lowest BCUT2D eigenvalue weighted by molar-refractivity contribution is 0.697. The Kier molecular flexibility index (Phi) is 3.81. The van der Waals surface area contributed by atoms with E-state index in [0.717, 1.165) is 11.3 Å². The van der Waals surface area contributed by atoms with E-state index in [1.54, 1.807) is 0 Å². The predicted octanol–water partition coefficient (Wildman–Crippen LogP) is 4.28. The van der Waals surface area contributed by atoms with Crippen molar-refractivity contribution in [3.8, 4) is 0 Å². The molecule has 0 N–H and O–H groups in total. The average molecular weight is 220 g/mol. The summed E-state index contributed by atoms with van der Waals surface area (Å²) >= 11 is 0. The van der Waals surface area contributed by atoms with E-state index in [1.807, 2.05) is 0 Å². The van der Waals surface area contributed by atoms with Crippen LogP contribution < -0.4 is 0 Å². The minimum Gasteiger partial charge on any atom is -0.101 e. The van der Waals surface area contributed by atoms with Gasteiger partial charge in [0.1, 0.15) is 0 Å². The minimum absolute atomic E-state index is 0.384. The zero-order valence-corrected chi connectivity index (χ0v) is 10.7. The van der Waals surface area contributed by atoms with Crippen molar-refractivity contribution < 1.29 is 0 Å². The normalized spacial score (nSPS) is 26.3. The number of aryl methyl sites for hydroxylation is 1. The molecule has 1 heteroatoms. The molecule has 0 aromatic heterocycles. The van der Waals surface area contributed by atoms with Crippen LogP contribution in [0, 0.1) is 0 Å². The first-order valence-corrected chi connectivity index (χ1v) is 7.73. The predicted molar refractivity (Wildman–Crippen MR) is 70.1 cm³/mol. The molecule has 0 spiro atoms. The summed E-state index contributed by atoms with van der Waals surface area (Å²) < 4.78 is 0. The van der Waals surface area contributed by atoms with Crippen LogP contribution in [0.4, 0.5) is 0 Å². The Labute approximate surface area is 94.8 Å². The number of hydrogen-bond donors (Lipinski definition) is 0. The lowest BCUT2D eigenvalue weighted by atomic mass is 10.1. The summed E-state index contributed by atoms with van der Waals surface area (Å²) in [7, 11) is 0.384. The minimum atomic E-state index is 0.384. The first-order valence-electron chi connectivity index (χ1n) is 6.07. The van der Waals surface area contributed by atoms with E-state index in [0.29, 0.717) is 7.92 Å². The highest BCUT2D eigenvalue weighted by atomic mass is 31.1. The molecule has 0 radical (unpaired) electrons. The second kappa shape index (κ2) is 5.12. The molecule has 1 aliphatic heterocycles. The Morgan fingerprint density at radius 3 is 2.40 bits per heavy atom. The zero-order valence-electron chi connectivity index (χ0n) is 9.82. The Morgan fingerprint density at radius 1 is 1.13 bits per heavy atom. The molecular weight excluding hydrogens is 199 g/mol. The van der Waals surface area contributed by atoms with E-state index in [9.17, 15) is 0 Å². The van der Waals surface area contributed by atoms with Gasteiger partial charge in [-0.25, -0.2) is 0 Å². The summed E-state index contributed by atoms with van der Waals surface area (Å²) in [6.07, 6.45) is 5.65. The third kappa shape index (κ3) is 2.82. The van der Waals surface area contributed by atoms with Gasteiger partial charge in [0.15, 0.2) is 0 Å². The van der Waals surface area contributed by atoms with Gasteiger partial charge in [0, 0.05) is 0 Å². The van der Waals surface area contributed by atoms with Crippen LogP contribution in [0.15, 0.2) is 30.3 Å². The van der Waals surface area contributed by atoms with Crippen molar-refractivity contribution in [2.75, 3.05) is 6.16 Å². The fourth-order valence-electron chi connectivity index (χ4n) is 2.61. The second-order valence-corrected chi connectivity index (χ2v) is 8.00. The summed E-state index contributed by atoms with van der Waals surface area (Å²) in [5, 5.41) is 0. The summed E-state index contributed by atoms with van der Waals surface area (Å²) in [5.41, 5.74) is 3.60. The molecule has 0 bridgehead atoms. The Balaban J connectivity index is 1.71. The van der Waals surface area contributed by atoms with Crippen LogP contribution in [-0.2, 0) is 6.42 Å². The summed E-state index contributed by atoms with van der Waals surface area (Å²) in [6.45, 7) is 4.88. The van der Waals surface area contributed by atoms with Crippen LogP contribution in [0.2, 0.25) is 0 Å². The molecule has 1 aliphatic rings. The average Bonchev–Trinajstić information content (AvgIpc) is 2.26. The van der Waals surface area contributed by atoms with E-state index in [4.69, 9.17) is 0 Å². The molecule has 0 aliphatic carbocycles. The Hall–Kier alpha value is -0.350. The van der Waals surface area contributed by atoms with Gasteiger partial charge in [-0.1, -0.05) is 44.2 Å². The Bertz CT molecular complexity index is 285. The van der Waals surface area contributed by atoms with Gasteiger partial charge in [0.2, 0.25) is 0 Å². The number of hydrogen-bond acceptors (Lipinski definition) is 0. The molecule has 2 atom stereocenters. The van der Waals surface area contributed by atoms with Crippen LogP contribution in [0.5, 0.6) is 0 Å². The largest absolute Gasteiger partial charge is 0.101 e. The monoisotopic (exact) mass is 220 g/mol. The van der Waals surface area contributed by atoms with E-state index >= 15 is 0 Å². The van der Waals surface area contributed by atoms with E-state index < -0.39 is 0 Å². The van der Waals surface area contributed by atoms with Crippen molar-refractivity contribution >= 4 is 7.92 Å². The third-order valence-corrected chi connectivity index (χ3v) is 7.06. The van der Waals surface area contributed by atoms with Crippen molar-refractivity contribution in [2.24, 2.45) is 0 Å². The molecule has 1 saturated heterocycles. The standard InChI is InChI=1S/C14H21P/c1-12-11-13(2)15(12)10-6-9-14-7-4-3-5-8-14/h3-5,7-8,12-13H,6,9-11H2,1-2H3/t12-,13-/m1/s1. The smallest absolute Gasteiger partial charge is 0.0229 e. The first-order chi connectivity index (χ1) is 7.27. The van der Waals surface area contributed by atoms with Gasteiger partial charge in [-0.05, 0) is 42.3 Å².